The molecule has 0 radical (unpaired) electrons. The Morgan fingerprint density at radius 1 is 0.654 bits per heavy atom. The Morgan fingerprint density at radius 2 is 1.04 bits per heavy atom. The fourth-order valence-electron chi connectivity index (χ4n) is 2.64. The molecule has 2 nitrogen and oxygen atoms in total. The Labute approximate surface area is 180 Å². The highest BCUT2D eigenvalue weighted by Gasteiger charge is 2.21. The molecule has 0 bridgehead atoms. The Kier molecular flexibility index (Phi) is 6.25. The van der Waals surface area contributed by atoms with Gasteiger partial charge in [0.15, 0.2) is 0 Å². The largest absolute Gasteiger partial charge is 0.392 e. The molecule has 26 heavy (non-hydrogen) atoms. The van der Waals surface area contributed by atoms with Gasteiger partial charge < -0.3 is 5.11 Å². The molecule has 0 saturated carbocycles. The van der Waals surface area contributed by atoms with Gasteiger partial charge in [-0.3, -0.25) is 4.98 Å². The third-order valence-corrected chi connectivity index (χ3v) is 6.08. The molecule has 2 aromatic carbocycles. The molecule has 1 N–H and O–H groups in total. The maximum absolute atomic E-state index is 10.1. The highest BCUT2D eigenvalue weighted by atomic mass is 35.5. The number of aliphatic hydroxyl groups excluding tert-OH is 1. The summed E-state index contributed by atoms with van der Waals surface area (Å²) in [6, 6.07) is 6.43. The van der Waals surface area contributed by atoms with E-state index in [0.717, 1.165) is 0 Å². The quantitative estimate of drug-likeness (QED) is 0.398. The Morgan fingerprint density at radius 3 is 1.42 bits per heavy atom. The first-order valence-electron chi connectivity index (χ1n) is 7.22. The zero-order chi connectivity index (χ0) is 19.0. The van der Waals surface area contributed by atoms with Crippen LogP contribution < -0.4 is 0 Å². The van der Waals surface area contributed by atoms with Crippen LogP contribution in [0.15, 0.2) is 36.7 Å². The number of aromatic nitrogens is 1. The number of benzene rings is 2. The summed E-state index contributed by atoms with van der Waals surface area (Å²) in [7, 11) is 0. The fourth-order valence-corrected chi connectivity index (χ4v) is 4.10. The van der Waals surface area contributed by atoms with E-state index in [9.17, 15) is 5.11 Å². The van der Waals surface area contributed by atoms with Crippen LogP contribution in [0.5, 0.6) is 0 Å². The van der Waals surface area contributed by atoms with Crippen molar-refractivity contribution in [2.75, 3.05) is 0 Å². The molecule has 0 aliphatic rings. The Bertz CT molecular complexity index is 930. The number of rotatable bonds is 3. The number of hydrogen-bond donors (Lipinski definition) is 1. The maximum Gasteiger partial charge on any atom is 0.0695 e. The standard InChI is InChI=1S/C18H9Cl6NO/c19-11-1-3-13(21)17(23)15(11)8-5-25-6-9(10(8)7-26)16-12(20)2-4-14(22)18(16)24/h1-6,26H,7H2. The Hall–Kier alpha value is -0.710. The van der Waals surface area contributed by atoms with Gasteiger partial charge in [0.05, 0.1) is 36.7 Å². The van der Waals surface area contributed by atoms with E-state index >= 15 is 0 Å². The molecule has 0 aliphatic carbocycles. The lowest BCUT2D eigenvalue weighted by Crippen LogP contribution is -1.98. The van der Waals surface area contributed by atoms with Crippen LogP contribution in [0.3, 0.4) is 0 Å². The molecule has 0 saturated heterocycles. The van der Waals surface area contributed by atoms with Gasteiger partial charge in [0, 0.05) is 34.6 Å². The molecule has 3 aromatic rings. The van der Waals surface area contributed by atoms with Crippen molar-refractivity contribution in [1.29, 1.82) is 0 Å². The maximum atomic E-state index is 10.1. The van der Waals surface area contributed by atoms with Gasteiger partial charge in [-0.1, -0.05) is 69.6 Å². The van der Waals surface area contributed by atoms with E-state index < -0.39 is 0 Å². The molecule has 1 heterocycles. The topological polar surface area (TPSA) is 33.1 Å². The molecule has 0 aliphatic heterocycles. The monoisotopic (exact) mass is 465 g/mol. The molecule has 1 aromatic heterocycles. The molecule has 134 valence electrons. The van der Waals surface area contributed by atoms with Gasteiger partial charge in [0.1, 0.15) is 0 Å². The first-order chi connectivity index (χ1) is 12.4. The van der Waals surface area contributed by atoms with E-state index in [2.05, 4.69) is 4.98 Å². The molecule has 0 spiro atoms. The van der Waals surface area contributed by atoms with Gasteiger partial charge in [-0.15, -0.1) is 0 Å². The second kappa shape index (κ2) is 8.12. The van der Waals surface area contributed by atoms with Crippen molar-refractivity contribution < 1.29 is 5.11 Å². The molecule has 0 unspecified atom stereocenters. The summed E-state index contributed by atoms with van der Waals surface area (Å²) in [5, 5.41) is 12.0. The smallest absolute Gasteiger partial charge is 0.0695 e. The molecular weight excluding hydrogens is 459 g/mol. The second-order valence-corrected chi connectivity index (χ2v) is 7.69. The molecule has 8 heteroatoms. The van der Waals surface area contributed by atoms with Crippen molar-refractivity contribution >= 4 is 69.6 Å². The molecule has 0 fully saturated rings. The van der Waals surface area contributed by atoms with Crippen LogP contribution in [0.2, 0.25) is 30.1 Å². The van der Waals surface area contributed by atoms with Crippen molar-refractivity contribution in [1.82, 2.24) is 4.98 Å². The van der Waals surface area contributed by atoms with Crippen LogP contribution in [0.4, 0.5) is 0 Å². The van der Waals surface area contributed by atoms with Gasteiger partial charge >= 0.3 is 0 Å². The minimum Gasteiger partial charge on any atom is -0.392 e. The summed E-state index contributed by atoms with van der Waals surface area (Å²) < 4.78 is 0. The lowest BCUT2D eigenvalue weighted by Gasteiger charge is -2.17. The van der Waals surface area contributed by atoms with Gasteiger partial charge in [-0.2, -0.15) is 0 Å². The first-order valence-corrected chi connectivity index (χ1v) is 9.49. The van der Waals surface area contributed by atoms with E-state index in [1.54, 1.807) is 36.7 Å². The fraction of sp³-hybridized carbons (Fsp3) is 0.0556. The van der Waals surface area contributed by atoms with E-state index in [1.807, 2.05) is 0 Å². The van der Waals surface area contributed by atoms with E-state index in [-0.39, 0.29) is 16.7 Å². The van der Waals surface area contributed by atoms with Gasteiger partial charge in [-0.05, 0) is 29.8 Å². The van der Waals surface area contributed by atoms with Crippen molar-refractivity contribution in [3.63, 3.8) is 0 Å². The molecule has 0 amide bonds. The lowest BCUT2D eigenvalue weighted by atomic mass is 9.94. The number of hydrogen-bond acceptors (Lipinski definition) is 2. The lowest BCUT2D eigenvalue weighted by molar-refractivity contribution is 0.283. The average Bonchev–Trinajstić information content (AvgIpc) is 2.62. The number of nitrogens with zero attached hydrogens (tertiary/aromatic N) is 1. The molecule has 3 rings (SSSR count). The van der Waals surface area contributed by atoms with Crippen molar-refractivity contribution in [2.24, 2.45) is 0 Å². The number of pyridine rings is 1. The molecule has 0 atom stereocenters. The van der Waals surface area contributed by atoms with Crippen LogP contribution in [-0.4, -0.2) is 10.1 Å². The summed E-state index contributed by atoms with van der Waals surface area (Å²) in [4.78, 5) is 4.24. The number of aliphatic hydroxyl groups is 1. The highest BCUT2D eigenvalue weighted by Crippen LogP contribution is 2.45. The van der Waals surface area contributed by atoms with Gasteiger partial charge in [0.25, 0.3) is 0 Å². The van der Waals surface area contributed by atoms with E-state index in [0.29, 0.717) is 47.9 Å². The highest BCUT2D eigenvalue weighted by molar-refractivity contribution is 6.47. The number of halogens is 6. The third-order valence-electron chi connectivity index (χ3n) is 3.84. The van der Waals surface area contributed by atoms with Crippen LogP contribution in [0.1, 0.15) is 5.56 Å². The zero-order valence-corrected chi connectivity index (χ0v) is 17.4. The van der Waals surface area contributed by atoms with Crippen molar-refractivity contribution in [3.8, 4) is 22.3 Å². The summed E-state index contributed by atoms with van der Waals surface area (Å²) >= 11 is 37.6. The summed E-state index contributed by atoms with van der Waals surface area (Å²) in [6.07, 6.45) is 3.09. The van der Waals surface area contributed by atoms with E-state index in [4.69, 9.17) is 69.6 Å². The normalized spacial score (nSPS) is 11.0. The summed E-state index contributed by atoms with van der Waals surface area (Å²) in [6.45, 7) is -0.328. The van der Waals surface area contributed by atoms with Crippen LogP contribution >= 0.6 is 69.6 Å². The zero-order valence-electron chi connectivity index (χ0n) is 12.8. The van der Waals surface area contributed by atoms with Gasteiger partial charge in [0.2, 0.25) is 0 Å². The predicted octanol–water partition coefficient (Wildman–Crippen LogP) is 7.83. The summed E-state index contributed by atoms with van der Waals surface area (Å²) in [5.41, 5.74) is 2.48. The average molecular weight is 468 g/mol. The van der Waals surface area contributed by atoms with Crippen molar-refractivity contribution in [3.05, 3.63) is 72.4 Å². The minimum absolute atomic E-state index is 0.260. The van der Waals surface area contributed by atoms with Crippen LogP contribution in [0.25, 0.3) is 22.3 Å². The van der Waals surface area contributed by atoms with Crippen molar-refractivity contribution in [2.45, 2.75) is 6.61 Å². The third kappa shape index (κ3) is 3.53. The van der Waals surface area contributed by atoms with E-state index in [1.165, 1.54) is 0 Å². The van der Waals surface area contributed by atoms with Crippen LogP contribution in [0, 0.1) is 0 Å². The SMILES string of the molecule is OCc1c(-c2c(Cl)ccc(Cl)c2Cl)cncc1-c1c(Cl)ccc(Cl)c1Cl. The summed E-state index contributed by atoms with van der Waals surface area (Å²) in [5.74, 6) is 0. The minimum atomic E-state index is -0.328. The first kappa shape index (κ1) is 20.0. The second-order valence-electron chi connectivity index (χ2n) is 5.31. The Balaban J connectivity index is 2.37. The van der Waals surface area contributed by atoms with Crippen LogP contribution in [-0.2, 0) is 6.61 Å². The predicted molar refractivity (Wildman–Crippen MR) is 111 cm³/mol. The van der Waals surface area contributed by atoms with Gasteiger partial charge in [-0.25, -0.2) is 0 Å². The molecular formula is C18H9Cl6NO.